The van der Waals surface area contributed by atoms with Gasteiger partial charge in [-0.3, -0.25) is 4.79 Å². The highest BCUT2D eigenvalue weighted by atomic mass is 16.5. The van der Waals surface area contributed by atoms with Gasteiger partial charge in [0.15, 0.2) is 0 Å². The fraction of sp³-hybridized carbons (Fsp3) is 0.611. The first-order valence-electron chi connectivity index (χ1n) is 8.15. The van der Waals surface area contributed by atoms with Gasteiger partial charge in [-0.2, -0.15) is 0 Å². The average molecular weight is 288 g/mol. The molecule has 0 bridgehead atoms. The Morgan fingerprint density at radius 2 is 2.05 bits per heavy atom. The Bertz CT molecular complexity index is 477. The summed E-state index contributed by atoms with van der Waals surface area (Å²) >= 11 is 0. The van der Waals surface area contributed by atoms with Gasteiger partial charge in [-0.25, -0.2) is 0 Å². The SMILES string of the molecule is O=C(CCC1CCCCO1)CC1OCCc2ccccc21. The summed E-state index contributed by atoms with van der Waals surface area (Å²) in [6.45, 7) is 1.58. The monoisotopic (exact) mass is 288 g/mol. The van der Waals surface area contributed by atoms with Crippen LogP contribution in [-0.4, -0.2) is 25.1 Å². The molecule has 0 aromatic heterocycles. The van der Waals surface area contributed by atoms with Crippen molar-refractivity contribution in [2.75, 3.05) is 13.2 Å². The predicted octanol–water partition coefficient (Wildman–Crippen LogP) is 3.61. The van der Waals surface area contributed by atoms with Gasteiger partial charge in [-0.1, -0.05) is 24.3 Å². The van der Waals surface area contributed by atoms with Crippen LogP contribution in [0.5, 0.6) is 0 Å². The number of carbonyl (C=O) groups is 1. The minimum Gasteiger partial charge on any atom is -0.378 e. The fourth-order valence-corrected chi connectivity index (χ4v) is 3.31. The van der Waals surface area contributed by atoms with Crippen molar-refractivity contribution >= 4 is 5.78 Å². The van der Waals surface area contributed by atoms with Crippen LogP contribution < -0.4 is 0 Å². The number of carbonyl (C=O) groups excluding carboxylic acids is 1. The summed E-state index contributed by atoms with van der Waals surface area (Å²) in [5.41, 5.74) is 2.53. The van der Waals surface area contributed by atoms with Gasteiger partial charge < -0.3 is 9.47 Å². The van der Waals surface area contributed by atoms with Crippen molar-refractivity contribution in [3.05, 3.63) is 35.4 Å². The molecule has 1 fully saturated rings. The van der Waals surface area contributed by atoms with E-state index in [0.29, 0.717) is 24.7 Å². The molecule has 0 aliphatic carbocycles. The van der Waals surface area contributed by atoms with E-state index in [1.165, 1.54) is 17.5 Å². The number of benzene rings is 1. The first kappa shape index (κ1) is 14.7. The largest absolute Gasteiger partial charge is 0.378 e. The van der Waals surface area contributed by atoms with Crippen LogP contribution in [0.4, 0.5) is 0 Å². The molecule has 3 nitrogen and oxygen atoms in total. The highest BCUT2D eigenvalue weighted by Gasteiger charge is 2.23. The normalized spacial score (nSPS) is 25.3. The van der Waals surface area contributed by atoms with Crippen molar-refractivity contribution in [2.24, 2.45) is 0 Å². The standard InChI is InChI=1S/C18H24O3/c19-15(8-9-16-6-3-4-11-20-16)13-18-17-7-2-1-5-14(17)10-12-21-18/h1-2,5,7,16,18H,3-4,6,8-13H2. The molecule has 2 unspecified atom stereocenters. The topological polar surface area (TPSA) is 35.5 Å². The Kier molecular flexibility index (Phi) is 5.04. The van der Waals surface area contributed by atoms with Gasteiger partial charge in [0.05, 0.1) is 18.8 Å². The van der Waals surface area contributed by atoms with E-state index in [1.807, 2.05) is 6.07 Å². The predicted molar refractivity (Wildman–Crippen MR) is 81.3 cm³/mol. The zero-order chi connectivity index (χ0) is 14.5. The molecule has 21 heavy (non-hydrogen) atoms. The average Bonchev–Trinajstić information content (AvgIpc) is 2.54. The number of fused-ring (bicyclic) bond motifs is 1. The Hall–Kier alpha value is -1.19. The summed E-state index contributed by atoms with van der Waals surface area (Å²) in [5.74, 6) is 0.297. The maximum atomic E-state index is 12.2. The zero-order valence-electron chi connectivity index (χ0n) is 12.6. The lowest BCUT2D eigenvalue weighted by atomic mass is 9.93. The summed E-state index contributed by atoms with van der Waals surface area (Å²) < 4.78 is 11.5. The van der Waals surface area contributed by atoms with E-state index in [4.69, 9.17) is 9.47 Å². The van der Waals surface area contributed by atoms with Crippen LogP contribution in [-0.2, 0) is 20.7 Å². The van der Waals surface area contributed by atoms with Crippen LogP contribution in [0.1, 0.15) is 55.8 Å². The van der Waals surface area contributed by atoms with Gasteiger partial charge in [-0.15, -0.1) is 0 Å². The van der Waals surface area contributed by atoms with Gasteiger partial charge in [-0.05, 0) is 43.2 Å². The molecule has 0 saturated carbocycles. The molecule has 2 heterocycles. The summed E-state index contributed by atoms with van der Waals surface area (Å²) in [6, 6.07) is 8.33. The second-order valence-electron chi connectivity index (χ2n) is 6.08. The number of Topliss-reactive ketones (excluding diaryl/α,β-unsaturated/α-hetero) is 1. The molecule has 1 aromatic rings. The number of hydrogen-bond acceptors (Lipinski definition) is 3. The van der Waals surface area contributed by atoms with Crippen molar-refractivity contribution in [3.8, 4) is 0 Å². The third kappa shape index (κ3) is 3.92. The lowest BCUT2D eigenvalue weighted by Gasteiger charge is -2.26. The van der Waals surface area contributed by atoms with Crippen LogP contribution in [0.25, 0.3) is 0 Å². The van der Waals surface area contributed by atoms with E-state index in [2.05, 4.69) is 18.2 Å². The number of hydrogen-bond donors (Lipinski definition) is 0. The molecule has 3 heteroatoms. The zero-order valence-corrected chi connectivity index (χ0v) is 12.6. The number of rotatable bonds is 5. The highest BCUT2D eigenvalue weighted by molar-refractivity contribution is 5.79. The molecule has 0 N–H and O–H groups in total. The summed E-state index contributed by atoms with van der Waals surface area (Å²) in [4.78, 5) is 12.2. The minimum absolute atomic E-state index is 0.0466. The molecule has 0 radical (unpaired) electrons. The Morgan fingerprint density at radius 1 is 1.14 bits per heavy atom. The van der Waals surface area contributed by atoms with Crippen LogP contribution in [0, 0.1) is 0 Å². The van der Waals surface area contributed by atoms with E-state index in [0.717, 1.165) is 38.9 Å². The Morgan fingerprint density at radius 3 is 2.90 bits per heavy atom. The van der Waals surface area contributed by atoms with Crippen LogP contribution >= 0.6 is 0 Å². The number of ether oxygens (including phenoxy) is 2. The van der Waals surface area contributed by atoms with Crippen LogP contribution in [0.3, 0.4) is 0 Å². The summed E-state index contributed by atoms with van der Waals surface area (Å²) in [6.07, 6.45) is 6.70. The second kappa shape index (κ2) is 7.19. The molecule has 0 spiro atoms. The molecule has 1 saturated heterocycles. The molecular formula is C18H24O3. The van der Waals surface area contributed by atoms with Crippen LogP contribution in [0.15, 0.2) is 24.3 Å². The van der Waals surface area contributed by atoms with Gasteiger partial charge >= 0.3 is 0 Å². The summed E-state index contributed by atoms with van der Waals surface area (Å²) in [5, 5.41) is 0. The van der Waals surface area contributed by atoms with Gasteiger partial charge in [0.1, 0.15) is 5.78 Å². The maximum Gasteiger partial charge on any atom is 0.135 e. The van der Waals surface area contributed by atoms with Crippen molar-refractivity contribution < 1.29 is 14.3 Å². The first-order valence-corrected chi connectivity index (χ1v) is 8.15. The van der Waals surface area contributed by atoms with E-state index in [1.54, 1.807) is 0 Å². The lowest BCUT2D eigenvalue weighted by Crippen LogP contribution is -2.22. The molecule has 2 atom stereocenters. The van der Waals surface area contributed by atoms with Crippen molar-refractivity contribution in [1.82, 2.24) is 0 Å². The van der Waals surface area contributed by atoms with Gasteiger partial charge in [0, 0.05) is 19.4 Å². The fourth-order valence-electron chi connectivity index (χ4n) is 3.31. The van der Waals surface area contributed by atoms with Gasteiger partial charge in [0.25, 0.3) is 0 Å². The molecule has 0 amide bonds. The first-order chi connectivity index (χ1) is 10.3. The smallest absolute Gasteiger partial charge is 0.135 e. The number of ketones is 1. The van der Waals surface area contributed by atoms with Crippen molar-refractivity contribution in [3.63, 3.8) is 0 Å². The van der Waals surface area contributed by atoms with E-state index in [-0.39, 0.29) is 6.10 Å². The Labute approximate surface area is 126 Å². The van der Waals surface area contributed by atoms with E-state index in [9.17, 15) is 4.79 Å². The molecule has 3 rings (SSSR count). The molecule has 1 aromatic carbocycles. The van der Waals surface area contributed by atoms with E-state index < -0.39 is 0 Å². The minimum atomic E-state index is -0.0466. The molecule has 2 aliphatic rings. The van der Waals surface area contributed by atoms with Crippen molar-refractivity contribution in [2.45, 2.75) is 57.2 Å². The highest BCUT2D eigenvalue weighted by Crippen LogP contribution is 2.30. The third-order valence-corrected chi connectivity index (χ3v) is 4.52. The van der Waals surface area contributed by atoms with Crippen LogP contribution in [0.2, 0.25) is 0 Å². The lowest BCUT2D eigenvalue weighted by molar-refractivity contribution is -0.123. The maximum absolute atomic E-state index is 12.2. The van der Waals surface area contributed by atoms with Gasteiger partial charge in [0.2, 0.25) is 0 Å². The van der Waals surface area contributed by atoms with Crippen molar-refractivity contribution in [1.29, 1.82) is 0 Å². The van der Waals surface area contributed by atoms with E-state index >= 15 is 0 Å². The Balaban J connectivity index is 1.51. The molecule has 2 aliphatic heterocycles. The third-order valence-electron chi connectivity index (χ3n) is 4.52. The second-order valence-corrected chi connectivity index (χ2v) is 6.08. The molecular weight excluding hydrogens is 264 g/mol. The quantitative estimate of drug-likeness (QED) is 0.830. The summed E-state index contributed by atoms with van der Waals surface area (Å²) in [7, 11) is 0. The molecule has 114 valence electrons.